The number of hydrogen-bond donors (Lipinski definition) is 1. The van der Waals surface area contributed by atoms with E-state index in [0.29, 0.717) is 18.6 Å². The van der Waals surface area contributed by atoms with Crippen molar-refractivity contribution < 1.29 is 0 Å². The number of aromatic nitrogens is 2. The molecule has 4 atom stereocenters. The third-order valence-corrected chi connectivity index (χ3v) is 5.70. The van der Waals surface area contributed by atoms with Crippen LogP contribution in [-0.2, 0) is 0 Å². The summed E-state index contributed by atoms with van der Waals surface area (Å²) < 4.78 is 2.03. The molecule has 1 aromatic heterocycles. The molecule has 0 amide bonds. The maximum Gasteiger partial charge on any atom is 0.0538 e. The first-order valence-electron chi connectivity index (χ1n) is 8.52. The zero-order valence-electron chi connectivity index (χ0n) is 13.7. The summed E-state index contributed by atoms with van der Waals surface area (Å²) in [6, 6.07) is 0.713. The van der Waals surface area contributed by atoms with E-state index >= 15 is 0 Å². The van der Waals surface area contributed by atoms with E-state index in [1.54, 1.807) is 0 Å². The number of nitrogens with zero attached hydrogens (tertiary/aromatic N) is 3. The lowest BCUT2D eigenvalue weighted by Crippen LogP contribution is -2.35. The van der Waals surface area contributed by atoms with Gasteiger partial charge in [-0.1, -0.05) is 6.42 Å². The van der Waals surface area contributed by atoms with Gasteiger partial charge in [-0.15, -0.1) is 0 Å². The Morgan fingerprint density at radius 3 is 2.71 bits per heavy atom. The molecular formula is C17H30N4. The van der Waals surface area contributed by atoms with Crippen LogP contribution in [0.4, 0.5) is 0 Å². The lowest BCUT2D eigenvalue weighted by Gasteiger charge is -2.32. The highest BCUT2D eigenvalue weighted by atomic mass is 15.3. The SMILES string of the molecule is CC(C)n1cc(C(CN)N(C)CC2CC3CCC2C3)cn1. The number of fused-ring (bicyclic) bond motifs is 2. The summed E-state index contributed by atoms with van der Waals surface area (Å²) in [6.07, 6.45) is 10.0. The molecule has 0 aromatic carbocycles. The summed E-state index contributed by atoms with van der Waals surface area (Å²) in [5.41, 5.74) is 7.32. The van der Waals surface area contributed by atoms with Gasteiger partial charge >= 0.3 is 0 Å². The van der Waals surface area contributed by atoms with Crippen LogP contribution >= 0.6 is 0 Å². The largest absolute Gasteiger partial charge is 0.329 e. The molecule has 0 aliphatic heterocycles. The second kappa shape index (κ2) is 6.09. The fourth-order valence-electron chi connectivity index (χ4n) is 4.47. The molecule has 4 nitrogen and oxygen atoms in total. The van der Waals surface area contributed by atoms with E-state index in [0.717, 1.165) is 17.8 Å². The first-order valence-corrected chi connectivity index (χ1v) is 8.52. The predicted octanol–water partition coefficient (Wildman–Crippen LogP) is 2.83. The van der Waals surface area contributed by atoms with Crippen molar-refractivity contribution in [3.8, 4) is 0 Å². The Hall–Kier alpha value is -0.870. The van der Waals surface area contributed by atoms with Crippen LogP contribution in [0.2, 0.25) is 0 Å². The molecule has 1 heterocycles. The minimum absolute atomic E-state index is 0.302. The Kier molecular flexibility index (Phi) is 4.36. The van der Waals surface area contributed by atoms with Gasteiger partial charge in [-0.25, -0.2) is 0 Å². The summed E-state index contributed by atoms with van der Waals surface area (Å²) in [4.78, 5) is 2.47. The van der Waals surface area contributed by atoms with Gasteiger partial charge in [0.05, 0.1) is 6.20 Å². The topological polar surface area (TPSA) is 47.1 Å². The van der Waals surface area contributed by atoms with Gasteiger partial charge in [0.1, 0.15) is 0 Å². The Labute approximate surface area is 128 Å². The Balaban J connectivity index is 1.64. The van der Waals surface area contributed by atoms with Crippen LogP contribution in [0, 0.1) is 17.8 Å². The highest BCUT2D eigenvalue weighted by Crippen LogP contribution is 2.48. The molecule has 2 fully saturated rings. The summed E-state index contributed by atoms with van der Waals surface area (Å²) in [5.74, 6) is 2.89. The second-order valence-corrected chi connectivity index (χ2v) is 7.47. The highest BCUT2D eigenvalue weighted by Gasteiger charge is 2.40. The van der Waals surface area contributed by atoms with Gasteiger partial charge in [0.25, 0.3) is 0 Å². The molecule has 0 saturated heterocycles. The molecule has 118 valence electrons. The van der Waals surface area contributed by atoms with E-state index < -0.39 is 0 Å². The lowest BCUT2D eigenvalue weighted by molar-refractivity contribution is 0.176. The van der Waals surface area contributed by atoms with Crippen LogP contribution in [0.3, 0.4) is 0 Å². The zero-order chi connectivity index (χ0) is 15.0. The average Bonchev–Trinajstić information content (AvgIpc) is 3.14. The molecule has 1 aromatic rings. The molecule has 2 saturated carbocycles. The minimum Gasteiger partial charge on any atom is -0.329 e. The highest BCUT2D eigenvalue weighted by molar-refractivity contribution is 5.11. The van der Waals surface area contributed by atoms with Crippen molar-refractivity contribution in [2.75, 3.05) is 20.1 Å². The number of nitrogens with two attached hydrogens (primary N) is 1. The van der Waals surface area contributed by atoms with Gasteiger partial charge in [0, 0.05) is 36.9 Å². The standard InChI is InChI=1S/C17H30N4/c1-12(2)21-11-16(9-19-21)17(8-18)20(3)10-15-7-13-4-5-14(15)6-13/h9,11-15,17H,4-8,10,18H2,1-3H3. The van der Waals surface area contributed by atoms with Crippen LogP contribution in [-0.4, -0.2) is 34.8 Å². The van der Waals surface area contributed by atoms with Crippen LogP contribution in [0.5, 0.6) is 0 Å². The third-order valence-electron chi connectivity index (χ3n) is 5.70. The van der Waals surface area contributed by atoms with E-state index in [-0.39, 0.29) is 0 Å². The molecule has 0 radical (unpaired) electrons. The molecule has 2 N–H and O–H groups in total. The van der Waals surface area contributed by atoms with Gasteiger partial charge in [-0.05, 0) is 57.9 Å². The summed E-state index contributed by atoms with van der Waals surface area (Å²) in [5, 5.41) is 4.47. The summed E-state index contributed by atoms with van der Waals surface area (Å²) in [6.45, 7) is 6.18. The Bertz CT molecular complexity index is 467. The molecule has 0 spiro atoms. The van der Waals surface area contributed by atoms with Crippen molar-refractivity contribution in [3.05, 3.63) is 18.0 Å². The van der Waals surface area contributed by atoms with Gasteiger partial charge in [-0.2, -0.15) is 5.10 Å². The van der Waals surface area contributed by atoms with Crippen molar-refractivity contribution in [3.63, 3.8) is 0 Å². The molecule has 2 bridgehead atoms. The Morgan fingerprint density at radius 2 is 2.19 bits per heavy atom. The van der Waals surface area contributed by atoms with Crippen molar-refractivity contribution in [2.45, 2.75) is 51.6 Å². The van der Waals surface area contributed by atoms with E-state index in [2.05, 4.69) is 37.1 Å². The van der Waals surface area contributed by atoms with Crippen LogP contribution < -0.4 is 5.73 Å². The number of hydrogen-bond acceptors (Lipinski definition) is 3. The quantitative estimate of drug-likeness (QED) is 0.876. The van der Waals surface area contributed by atoms with Gasteiger partial charge in [-0.3, -0.25) is 9.58 Å². The molecule has 2 aliphatic carbocycles. The van der Waals surface area contributed by atoms with E-state index in [1.807, 2.05) is 10.9 Å². The van der Waals surface area contributed by atoms with E-state index in [1.165, 1.54) is 37.8 Å². The zero-order valence-corrected chi connectivity index (χ0v) is 13.7. The van der Waals surface area contributed by atoms with Crippen LogP contribution in [0.1, 0.15) is 57.2 Å². The fourth-order valence-corrected chi connectivity index (χ4v) is 4.47. The smallest absolute Gasteiger partial charge is 0.0538 e. The maximum absolute atomic E-state index is 6.06. The van der Waals surface area contributed by atoms with E-state index in [9.17, 15) is 0 Å². The number of rotatable bonds is 6. The fraction of sp³-hybridized carbons (Fsp3) is 0.824. The van der Waals surface area contributed by atoms with Crippen molar-refractivity contribution in [1.29, 1.82) is 0 Å². The van der Waals surface area contributed by atoms with Crippen molar-refractivity contribution in [1.82, 2.24) is 14.7 Å². The van der Waals surface area contributed by atoms with Gasteiger partial charge < -0.3 is 5.73 Å². The first-order chi connectivity index (χ1) is 10.1. The van der Waals surface area contributed by atoms with Crippen molar-refractivity contribution in [2.24, 2.45) is 23.5 Å². The molecule has 4 unspecified atom stereocenters. The monoisotopic (exact) mass is 290 g/mol. The Morgan fingerprint density at radius 1 is 1.38 bits per heavy atom. The van der Waals surface area contributed by atoms with Gasteiger partial charge in [0.2, 0.25) is 0 Å². The second-order valence-electron chi connectivity index (χ2n) is 7.47. The van der Waals surface area contributed by atoms with Crippen molar-refractivity contribution >= 4 is 0 Å². The molecule has 21 heavy (non-hydrogen) atoms. The molecule has 4 heteroatoms. The third kappa shape index (κ3) is 3.02. The molecule has 2 aliphatic rings. The summed E-state index contributed by atoms with van der Waals surface area (Å²) in [7, 11) is 2.23. The molecular weight excluding hydrogens is 260 g/mol. The predicted molar refractivity (Wildman–Crippen MR) is 86.0 cm³/mol. The normalized spacial score (nSPS) is 29.7. The minimum atomic E-state index is 0.302. The molecule has 3 rings (SSSR count). The van der Waals surface area contributed by atoms with Crippen LogP contribution in [0.15, 0.2) is 12.4 Å². The summed E-state index contributed by atoms with van der Waals surface area (Å²) >= 11 is 0. The first kappa shape index (κ1) is 15.0. The van der Waals surface area contributed by atoms with Gasteiger partial charge in [0.15, 0.2) is 0 Å². The maximum atomic E-state index is 6.06. The van der Waals surface area contributed by atoms with Crippen LogP contribution in [0.25, 0.3) is 0 Å². The van der Waals surface area contributed by atoms with E-state index in [4.69, 9.17) is 5.73 Å². The average molecular weight is 290 g/mol. The number of likely N-dealkylation sites (N-methyl/N-ethyl adjacent to an activating group) is 1. The lowest BCUT2D eigenvalue weighted by atomic mass is 9.88.